The van der Waals surface area contributed by atoms with Crippen LogP contribution in [0.4, 0.5) is 4.79 Å². The van der Waals surface area contributed by atoms with Crippen molar-refractivity contribution in [2.45, 2.75) is 13.1 Å². The fourth-order valence-corrected chi connectivity index (χ4v) is 1.59. The lowest BCUT2D eigenvalue weighted by molar-refractivity contribution is 0.0756. The smallest absolute Gasteiger partial charge is 0.410 e. The number of nitrogens with zero attached hydrogens (tertiary/aromatic N) is 1. The zero-order valence-electron chi connectivity index (χ0n) is 10.3. The number of carbonyl (C=O) groups excluding carboxylic acids is 1. The summed E-state index contributed by atoms with van der Waals surface area (Å²) in [7, 11) is 0. The van der Waals surface area contributed by atoms with E-state index in [-0.39, 0.29) is 26.3 Å². The van der Waals surface area contributed by atoms with Crippen molar-refractivity contribution in [3.63, 3.8) is 0 Å². The SMILES string of the molecule is O=C(OCCO)N(Cc1ccco1)Cc1ccco1. The van der Waals surface area contributed by atoms with Crippen LogP contribution < -0.4 is 0 Å². The summed E-state index contributed by atoms with van der Waals surface area (Å²) in [6, 6.07) is 7.04. The number of carbonyl (C=O) groups is 1. The first-order chi connectivity index (χ1) is 9.29. The Kier molecular flexibility index (Phi) is 4.63. The zero-order valence-corrected chi connectivity index (χ0v) is 10.3. The van der Waals surface area contributed by atoms with Crippen LogP contribution in [0.1, 0.15) is 11.5 Å². The second kappa shape index (κ2) is 6.65. The molecule has 19 heavy (non-hydrogen) atoms. The van der Waals surface area contributed by atoms with E-state index < -0.39 is 6.09 Å². The topological polar surface area (TPSA) is 76.1 Å². The van der Waals surface area contributed by atoms with Crippen LogP contribution in [-0.2, 0) is 17.8 Å². The summed E-state index contributed by atoms with van der Waals surface area (Å²) in [4.78, 5) is 13.3. The first-order valence-corrected chi connectivity index (χ1v) is 5.87. The molecule has 0 radical (unpaired) electrons. The molecule has 102 valence electrons. The van der Waals surface area contributed by atoms with Gasteiger partial charge in [0.2, 0.25) is 0 Å². The summed E-state index contributed by atoms with van der Waals surface area (Å²) < 4.78 is 15.3. The Morgan fingerprint density at radius 2 is 1.74 bits per heavy atom. The molecular weight excluding hydrogens is 250 g/mol. The van der Waals surface area contributed by atoms with Crippen LogP contribution in [0.15, 0.2) is 45.6 Å². The highest BCUT2D eigenvalue weighted by Gasteiger charge is 2.18. The molecule has 6 heteroatoms. The maximum atomic E-state index is 11.9. The lowest BCUT2D eigenvalue weighted by Gasteiger charge is -2.19. The molecule has 0 unspecified atom stereocenters. The van der Waals surface area contributed by atoms with Crippen molar-refractivity contribution in [2.75, 3.05) is 13.2 Å². The number of hydrogen-bond donors (Lipinski definition) is 1. The molecule has 2 rings (SSSR count). The van der Waals surface area contributed by atoms with E-state index >= 15 is 0 Å². The molecule has 0 saturated carbocycles. The van der Waals surface area contributed by atoms with E-state index in [1.807, 2.05) is 0 Å². The van der Waals surface area contributed by atoms with Gasteiger partial charge in [-0.3, -0.25) is 4.90 Å². The summed E-state index contributed by atoms with van der Waals surface area (Å²) >= 11 is 0. The Morgan fingerprint density at radius 1 is 1.16 bits per heavy atom. The zero-order chi connectivity index (χ0) is 13.5. The molecule has 0 aromatic carbocycles. The Labute approximate surface area is 110 Å². The highest BCUT2D eigenvalue weighted by Crippen LogP contribution is 2.12. The number of furan rings is 2. The molecule has 2 aromatic rings. The summed E-state index contributed by atoms with van der Waals surface area (Å²) in [5, 5.41) is 8.68. The van der Waals surface area contributed by atoms with Crippen molar-refractivity contribution >= 4 is 6.09 Å². The van der Waals surface area contributed by atoms with E-state index in [0.29, 0.717) is 11.5 Å². The molecule has 6 nitrogen and oxygen atoms in total. The van der Waals surface area contributed by atoms with Gasteiger partial charge >= 0.3 is 6.09 Å². The van der Waals surface area contributed by atoms with Crippen molar-refractivity contribution in [1.29, 1.82) is 0 Å². The van der Waals surface area contributed by atoms with Gasteiger partial charge in [-0.1, -0.05) is 0 Å². The van der Waals surface area contributed by atoms with Crippen molar-refractivity contribution in [3.8, 4) is 0 Å². The van der Waals surface area contributed by atoms with Crippen LogP contribution in [0.2, 0.25) is 0 Å². The molecular formula is C13H15NO5. The lowest BCUT2D eigenvalue weighted by Crippen LogP contribution is -2.31. The maximum absolute atomic E-state index is 11.9. The highest BCUT2D eigenvalue weighted by molar-refractivity contribution is 5.67. The fraction of sp³-hybridized carbons (Fsp3) is 0.308. The van der Waals surface area contributed by atoms with E-state index in [9.17, 15) is 4.79 Å². The van der Waals surface area contributed by atoms with Gasteiger partial charge in [0.05, 0.1) is 32.2 Å². The molecule has 0 atom stereocenters. The van der Waals surface area contributed by atoms with Crippen LogP contribution in [0.3, 0.4) is 0 Å². The van der Waals surface area contributed by atoms with E-state index in [4.69, 9.17) is 18.7 Å². The first-order valence-electron chi connectivity index (χ1n) is 5.87. The van der Waals surface area contributed by atoms with Crippen LogP contribution in [0.5, 0.6) is 0 Å². The standard InChI is InChI=1S/C13H15NO5/c15-5-8-19-13(16)14(9-11-3-1-6-17-11)10-12-4-2-7-18-12/h1-4,6-7,15H,5,8-10H2. The van der Waals surface area contributed by atoms with Gasteiger partial charge in [0.25, 0.3) is 0 Å². The summed E-state index contributed by atoms with van der Waals surface area (Å²) in [6.45, 7) is 0.308. The normalized spacial score (nSPS) is 10.4. The second-order valence-corrected chi connectivity index (χ2v) is 3.85. The highest BCUT2D eigenvalue weighted by atomic mass is 16.6. The van der Waals surface area contributed by atoms with Gasteiger partial charge in [-0.15, -0.1) is 0 Å². The van der Waals surface area contributed by atoms with E-state index in [0.717, 1.165) is 0 Å². The van der Waals surface area contributed by atoms with Crippen LogP contribution in [0.25, 0.3) is 0 Å². The monoisotopic (exact) mass is 265 g/mol. The molecule has 2 heterocycles. The lowest BCUT2D eigenvalue weighted by atomic mass is 10.3. The van der Waals surface area contributed by atoms with Gasteiger partial charge in [0.15, 0.2) is 0 Å². The molecule has 0 aliphatic rings. The molecule has 1 amide bonds. The Bertz CT molecular complexity index is 441. The summed E-state index contributed by atoms with van der Waals surface area (Å²) in [5.41, 5.74) is 0. The third-order valence-electron chi connectivity index (χ3n) is 2.43. The first kappa shape index (κ1) is 13.2. The van der Waals surface area contributed by atoms with Crippen molar-refractivity contribution < 1.29 is 23.5 Å². The largest absolute Gasteiger partial charge is 0.467 e. The van der Waals surface area contributed by atoms with Crippen molar-refractivity contribution in [1.82, 2.24) is 4.90 Å². The average molecular weight is 265 g/mol. The third kappa shape index (κ3) is 3.89. The molecule has 0 spiro atoms. The number of rotatable bonds is 6. The number of hydrogen-bond acceptors (Lipinski definition) is 5. The number of amides is 1. The number of aliphatic hydroxyl groups excluding tert-OH is 1. The molecule has 0 bridgehead atoms. The predicted molar refractivity (Wildman–Crippen MR) is 65.1 cm³/mol. The average Bonchev–Trinajstić information content (AvgIpc) is 3.08. The van der Waals surface area contributed by atoms with Crippen LogP contribution >= 0.6 is 0 Å². The van der Waals surface area contributed by atoms with Gasteiger partial charge < -0.3 is 18.7 Å². The van der Waals surface area contributed by atoms with Gasteiger partial charge in [-0.05, 0) is 24.3 Å². The fourth-order valence-electron chi connectivity index (χ4n) is 1.59. The minimum Gasteiger partial charge on any atom is -0.467 e. The number of ether oxygens (including phenoxy) is 1. The summed E-state index contributed by atoms with van der Waals surface area (Å²) in [6.07, 6.45) is 2.56. The van der Waals surface area contributed by atoms with E-state index in [2.05, 4.69) is 0 Å². The van der Waals surface area contributed by atoms with Gasteiger partial charge in [-0.2, -0.15) is 0 Å². The molecule has 1 N–H and O–H groups in total. The molecule has 0 aliphatic carbocycles. The molecule has 0 saturated heterocycles. The second-order valence-electron chi connectivity index (χ2n) is 3.85. The van der Waals surface area contributed by atoms with E-state index in [1.54, 1.807) is 36.8 Å². The Balaban J connectivity index is 2.01. The van der Waals surface area contributed by atoms with Gasteiger partial charge in [0, 0.05) is 0 Å². The molecule has 0 fully saturated rings. The van der Waals surface area contributed by atoms with Crippen LogP contribution in [-0.4, -0.2) is 29.3 Å². The van der Waals surface area contributed by atoms with E-state index in [1.165, 1.54) is 4.90 Å². The van der Waals surface area contributed by atoms with Gasteiger partial charge in [-0.25, -0.2) is 4.79 Å². The third-order valence-corrected chi connectivity index (χ3v) is 2.43. The predicted octanol–water partition coefficient (Wildman–Crippen LogP) is 2.00. The van der Waals surface area contributed by atoms with Gasteiger partial charge in [0.1, 0.15) is 18.1 Å². The minimum atomic E-state index is -0.526. The number of aliphatic hydroxyl groups is 1. The quantitative estimate of drug-likeness (QED) is 0.864. The van der Waals surface area contributed by atoms with Crippen molar-refractivity contribution in [3.05, 3.63) is 48.3 Å². The Morgan fingerprint density at radius 3 is 2.16 bits per heavy atom. The molecule has 2 aromatic heterocycles. The maximum Gasteiger partial charge on any atom is 0.410 e. The minimum absolute atomic E-state index is 0.0361. The summed E-state index contributed by atoms with van der Waals surface area (Å²) in [5.74, 6) is 1.29. The van der Waals surface area contributed by atoms with Crippen molar-refractivity contribution in [2.24, 2.45) is 0 Å². The molecule has 0 aliphatic heterocycles. The Hall–Kier alpha value is -2.21. The van der Waals surface area contributed by atoms with Crippen LogP contribution in [0, 0.1) is 0 Å².